The van der Waals surface area contributed by atoms with E-state index in [2.05, 4.69) is 19.2 Å². The molecule has 0 bridgehead atoms. The number of fused-ring (bicyclic) bond motifs is 1. The highest BCUT2D eigenvalue weighted by Gasteiger charge is 2.34. The molecule has 21 heavy (non-hydrogen) atoms. The minimum absolute atomic E-state index is 0.0535. The number of nitrogens with one attached hydrogen (secondary N) is 1. The van der Waals surface area contributed by atoms with Crippen LogP contribution >= 0.6 is 11.6 Å². The summed E-state index contributed by atoms with van der Waals surface area (Å²) >= 11 is 6.12. The first-order valence-electron chi connectivity index (χ1n) is 7.03. The van der Waals surface area contributed by atoms with E-state index in [4.69, 9.17) is 16.3 Å². The number of hydrogen-bond donors (Lipinski definition) is 1. The van der Waals surface area contributed by atoms with E-state index in [1.54, 1.807) is 0 Å². The van der Waals surface area contributed by atoms with Crippen molar-refractivity contribution in [2.24, 2.45) is 5.92 Å². The second kappa shape index (κ2) is 5.57. The normalized spacial score (nSPS) is 20.6. The average Bonchev–Trinajstić information content (AvgIpc) is 2.46. The third kappa shape index (κ3) is 2.70. The van der Waals surface area contributed by atoms with Gasteiger partial charge in [-0.2, -0.15) is 0 Å². The molecule has 3 rings (SSSR count). The van der Waals surface area contributed by atoms with Gasteiger partial charge in [0, 0.05) is 6.07 Å². The van der Waals surface area contributed by atoms with E-state index in [0.717, 1.165) is 5.56 Å². The summed E-state index contributed by atoms with van der Waals surface area (Å²) in [6, 6.07) is 12.8. The van der Waals surface area contributed by atoms with Gasteiger partial charge in [-0.3, -0.25) is 0 Å². The van der Waals surface area contributed by atoms with Crippen LogP contribution < -0.4 is 10.1 Å². The van der Waals surface area contributed by atoms with Crippen molar-refractivity contribution in [3.63, 3.8) is 0 Å². The molecule has 2 unspecified atom stereocenters. The first-order chi connectivity index (χ1) is 10.1. The van der Waals surface area contributed by atoms with Crippen molar-refractivity contribution < 1.29 is 9.13 Å². The van der Waals surface area contributed by atoms with Crippen LogP contribution in [0.5, 0.6) is 5.75 Å². The molecule has 0 radical (unpaired) electrons. The maximum Gasteiger partial charge on any atom is 0.162 e. The highest BCUT2D eigenvalue weighted by Crippen LogP contribution is 2.44. The summed E-state index contributed by atoms with van der Waals surface area (Å²) in [5.74, 6) is 0.477. The number of ether oxygens (including phenoxy) is 1. The molecule has 0 aliphatic carbocycles. The molecule has 1 heterocycles. The summed E-state index contributed by atoms with van der Waals surface area (Å²) in [7, 11) is 0. The maximum absolute atomic E-state index is 13.5. The van der Waals surface area contributed by atoms with Crippen molar-refractivity contribution in [2.45, 2.75) is 26.0 Å². The number of hydrogen-bond acceptors (Lipinski definition) is 2. The number of halogens is 2. The van der Waals surface area contributed by atoms with Crippen molar-refractivity contribution >= 4 is 17.3 Å². The smallest absolute Gasteiger partial charge is 0.162 e. The molecule has 0 fully saturated rings. The van der Waals surface area contributed by atoms with Crippen LogP contribution in [0.15, 0.2) is 42.5 Å². The van der Waals surface area contributed by atoms with E-state index < -0.39 is 0 Å². The molecule has 2 nitrogen and oxygen atoms in total. The van der Waals surface area contributed by atoms with Crippen molar-refractivity contribution in [1.82, 2.24) is 0 Å². The molecule has 0 saturated heterocycles. The molecule has 1 N–H and O–H groups in total. The van der Waals surface area contributed by atoms with Gasteiger partial charge in [0.15, 0.2) is 5.75 Å². The second-order valence-electron chi connectivity index (χ2n) is 5.63. The Morgan fingerprint density at radius 3 is 2.57 bits per heavy atom. The molecule has 0 saturated carbocycles. The van der Waals surface area contributed by atoms with E-state index in [0.29, 0.717) is 22.4 Å². The first kappa shape index (κ1) is 14.2. The number of anilines is 1. The lowest BCUT2D eigenvalue weighted by molar-refractivity contribution is 0.149. The third-order valence-corrected chi connectivity index (χ3v) is 4.03. The molecule has 0 amide bonds. The molecule has 2 atom stereocenters. The van der Waals surface area contributed by atoms with Gasteiger partial charge in [0.25, 0.3) is 0 Å². The Morgan fingerprint density at radius 2 is 1.90 bits per heavy atom. The molecular formula is C17H17ClFNO. The van der Waals surface area contributed by atoms with Crippen LogP contribution in [0.3, 0.4) is 0 Å². The maximum atomic E-state index is 13.5. The zero-order chi connectivity index (χ0) is 15.0. The van der Waals surface area contributed by atoms with Gasteiger partial charge in [-0.1, -0.05) is 55.8 Å². The predicted molar refractivity (Wildman–Crippen MR) is 83.5 cm³/mol. The van der Waals surface area contributed by atoms with Crippen molar-refractivity contribution in [3.8, 4) is 5.75 Å². The third-order valence-electron chi connectivity index (χ3n) is 3.75. The van der Waals surface area contributed by atoms with Gasteiger partial charge in [-0.05, 0) is 17.5 Å². The standard InChI is InChI=1S/C17H17ClFNO/c1-10(2)15-16(11-6-4-3-5-7-11)21-17-13(18)8-12(19)9-14(17)20-15/h3-10,15-16,20H,1-2H3. The van der Waals surface area contributed by atoms with E-state index in [1.807, 2.05) is 30.3 Å². The Labute approximate surface area is 128 Å². The zero-order valence-corrected chi connectivity index (χ0v) is 12.7. The summed E-state index contributed by atoms with van der Waals surface area (Å²) in [5, 5.41) is 3.67. The lowest BCUT2D eigenvalue weighted by Gasteiger charge is -2.38. The van der Waals surface area contributed by atoms with Crippen LogP contribution in [-0.2, 0) is 0 Å². The summed E-state index contributed by atoms with van der Waals surface area (Å²) < 4.78 is 19.6. The van der Waals surface area contributed by atoms with Gasteiger partial charge in [0.05, 0.1) is 16.8 Å². The number of rotatable bonds is 2. The first-order valence-corrected chi connectivity index (χ1v) is 7.41. The summed E-state index contributed by atoms with van der Waals surface area (Å²) in [4.78, 5) is 0. The lowest BCUT2D eigenvalue weighted by Crippen LogP contribution is -2.39. The van der Waals surface area contributed by atoms with Gasteiger partial charge >= 0.3 is 0 Å². The monoisotopic (exact) mass is 305 g/mol. The highest BCUT2D eigenvalue weighted by molar-refractivity contribution is 6.32. The molecule has 4 heteroatoms. The summed E-state index contributed by atoms with van der Waals surface area (Å²) in [5.41, 5.74) is 1.70. The molecule has 1 aliphatic rings. The van der Waals surface area contributed by atoms with Crippen molar-refractivity contribution in [3.05, 3.63) is 58.9 Å². The molecule has 0 aromatic heterocycles. The fraction of sp³-hybridized carbons (Fsp3) is 0.294. The van der Waals surface area contributed by atoms with Gasteiger partial charge in [0.2, 0.25) is 0 Å². The molecule has 110 valence electrons. The van der Waals surface area contributed by atoms with E-state index >= 15 is 0 Å². The van der Waals surface area contributed by atoms with Crippen LogP contribution in [0.25, 0.3) is 0 Å². The van der Waals surface area contributed by atoms with Crippen molar-refractivity contribution in [1.29, 1.82) is 0 Å². The van der Waals surface area contributed by atoms with Crippen molar-refractivity contribution in [2.75, 3.05) is 5.32 Å². The predicted octanol–water partition coefficient (Wildman–Crippen LogP) is 5.05. The minimum Gasteiger partial charge on any atom is -0.480 e. The van der Waals surface area contributed by atoms with E-state index in [1.165, 1.54) is 12.1 Å². The lowest BCUT2D eigenvalue weighted by atomic mass is 9.91. The van der Waals surface area contributed by atoms with Gasteiger partial charge in [0.1, 0.15) is 11.9 Å². The van der Waals surface area contributed by atoms with Gasteiger partial charge in [-0.15, -0.1) is 0 Å². The van der Waals surface area contributed by atoms with Crippen LogP contribution in [0.1, 0.15) is 25.5 Å². The quantitative estimate of drug-likeness (QED) is 0.838. The van der Waals surface area contributed by atoms with Crippen LogP contribution in [0, 0.1) is 11.7 Å². The SMILES string of the molecule is CC(C)C1Nc2cc(F)cc(Cl)c2OC1c1ccccc1. The average molecular weight is 306 g/mol. The fourth-order valence-corrected chi connectivity index (χ4v) is 2.93. The molecule has 0 spiro atoms. The Bertz CT molecular complexity index is 645. The van der Waals surface area contributed by atoms with Crippen LogP contribution in [-0.4, -0.2) is 6.04 Å². The largest absolute Gasteiger partial charge is 0.480 e. The van der Waals surface area contributed by atoms with Crippen LogP contribution in [0.4, 0.5) is 10.1 Å². The number of benzene rings is 2. The molecule has 2 aromatic rings. The highest BCUT2D eigenvalue weighted by atomic mass is 35.5. The zero-order valence-electron chi connectivity index (χ0n) is 11.9. The Balaban J connectivity index is 2.04. The molecule has 1 aliphatic heterocycles. The fourth-order valence-electron chi connectivity index (χ4n) is 2.68. The molecule has 2 aromatic carbocycles. The Morgan fingerprint density at radius 1 is 1.19 bits per heavy atom. The van der Waals surface area contributed by atoms with Crippen LogP contribution in [0.2, 0.25) is 5.02 Å². The second-order valence-corrected chi connectivity index (χ2v) is 6.03. The Hall–Kier alpha value is -1.74. The van der Waals surface area contributed by atoms with Gasteiger partial charge < -0.3 is 10.1 Å². The Kier molecular flexibility index (Phi) is 3.77. The van der Waals surface area contributed by atoms with Gasteiger partial charge in [-0.25, -0.2) is 4.39 Å². The summed E-state index contributed by atoms with van der Waals surface area (Å²) in [6.07, 6.45) is -0.151. The molecular weight excluding hydrogens is 289 g/mol. The van der Waals surface area contributed by atoms with E-state index in [9.17, 15) is 4.39 Å². The summed E-state index contributed by atoms with van der Waals surface area (Å²) in [6.45, 7) is 4.23. The minimum atomic E-state index is -0.365. The topological polar surface area (TPSA) is 21.3 Å². The van der Waals surface area contributed by atoms with E-state index in [-0.39, 0.29) is 18.0 Å².